The van der Waals surface area contributed by atoms with Crippen LogP contribution < -0.4 is 4.74 Å². The molecule has 0 bridgehead atoms. The molecule has 0 atom stereocenters. The van der Waals surface area contributed by atoms with Crippen LogP contribution in [-0.2, 0) is 27.9 Å². The third kappa shape index (κ3) is 5.72. The van der Waals surface area contributed by atoms with Crippen molar-refractivity contribution in [3.05, 3.63) is 82.0 Å². The molecule has 31 heavy (non-hydrogen) atoms. The molecule has 164 valence electrons. The van der Waals surface area contributed by atoms with Crippen LogP contribution in [0.2, 0.25) is 0 Å². The van der Waals surface area contributed by atoms with Crippen LogP contribution in [0.1, 0.15) is 16.0 Å². The summed E-state index contributed by atoms with van der Waals surface area (Å²) in [6.45, 7) is 2.35. The van der Waals surface area contributed by atoms with Crippen molar-refractivity contribution in [1.82, 2.24) is 9.21 Å². The van der Waals surface area contributed by atoms with Crippen molar-refractivity contribution in [3.8, 4) is 5.75 Å². The highest BCUT2D eigenvalue weighted by Crippen LogP contribution is 2.22. The number of benzene rings is 2. The summed E-state index contributed by atoms with van der Waals surface area (Å²) in [6.07, 6.45) is 0. The molecular weight excluding hydrogens is 432 g/mol. The molecular formula is C23H26N2O4S2. The number of sulfonamides is 1. The van der Waals surface area contributed by atoms with E-state index >= 15 is 0 Å². The predicted molar refractivity (Wildman–Crippen MR) is 123 cm³/mol. The highest BCUT2D eigenvalue weighted by molar-refractivity contribution is 7.89. The molecule has 0 saturated carbocycles. The molecule has 0 radical (unpaired) electrons. The van der Waals surface area contributed by atoms with Crippen molar-refractivity contribution in [3.63, 3.8) is 0 Å². The van der Waals surface area contributed by atoms with Gasteiger partial charge in [-0.3, -0.25) is 4.79 Å². The number of para-hydroxylation sites is 1. The molecule has 6 nitrogen and oxygen atoms in total. The van der Waals surface area contributed by atoms with Gasteiger partial charge in [-0.2, -0.15) is 4.31 Å². The van der Waals surface area contributed by atoms with Crippen LogP contribution in [0, 0.1) is 6.92 Å². The number of likely N-dealkylation sites (N-methyl/N-ethyl adjacent to an activating group) is 1. The Bertz CT molecular complexity index is 1110. The lowest BCUT2D eigenvalue weighted by Gasteiger charge is -2.26. The smallest absolute Gasteiger partial charge is 0.243 e. The van der Waals surface area contributed by atoms with E-state index in [1.807, 2.05) is 48.7 Å². The van der Waals surface area contributed by atoms with Crippen molar-refractivity contribution in [1.29, 1.82) is 0 Å². The second kappa shape index (κ2) is 10.1. The largest absolute Gasteiger partial charge is 0.496 e. The number of aryl methyl sites for hydroxylation is 1. The zero-order chi connectivity index (χ0) is 22.4. The molecule has 0 saturated heterocycles. The number of carbonyl (C=O) groups is 1. The van der Waals surface area contributed by atoms with Crippen LogP contribution in [0.3, 0.4) is 0 Å². The molecule has 0 N–H and O–H groups in total. The SMILES string of the molecule is COc1ccccc1CN(Cc1cccs1)C(=O)CN(C)S(=O)(=O)c1ccc(C)cc1. The normalized spacial score (nSPS) is 11.5. The Morgan fingerprint density at radius 2 is 1.71 bits per heavy atom. The van der Waals surface area contributed by atoms with Crippen molar-refractivity contribution in [2.75, 3.05) is 20.7 Å². The summed E-state index contributed by atoms with van der Waals surface area (Å²) < 4.78 is 32.4. The van der Waals surface area contributed by atoms with E-state index in [9.17, 15) is 13.2 Å². The summed E-state index contributed by atoms with van der Waals surface area (Å²) in [5, 5.41) is 1.95. The first-order valence-corrected chi connectivity index (χ1v) is 12.1. The van der Waals surface area contributed by atoms with Crippen molar-refractivity contribution in [2.24, 2.45) is 0 Å². The first-order chi connectivity index (χ1) is 14.8. The van der Waals surface area contributed by atoms with Gasteiger partial charge in [0.15, 0.2) is 0 Å². The number of nitrogens with zero attached hydrogens (tertiary/aromatic N) is 2. The summed E-state index contributed by atoms with van der Waals surface area (Å²) in [7, 11) is -0.749. The number of hydrogen-bond acceptors (Lipinski definition) is 5. The van der Waals surface area contributed by atoms with E-state index in [0.717, 1.165) is 20.3 Å². The van der Waals surface area contributed by atoms with Crippen LogP contribution in [0.4, 0.5) is 0 Å². The quantitative estimate of drug-likeness (QED) is 0.488. The number of hydrogen-bond donors (Lipinski definition) is 0. The molecule has 0 spiro atoms. The fraction of sp³-hybridized carbons (Fsp3) is 0.261. The van der Waals surface area contributed by atoms with E-state index < -0.39 is 10.0 Å². The molecule has 1 heterocycles. The molecule has 0 aliphatic heterocycles. The fourth-order valence-electron chi connectivity index (χ4n) is 3.13. The summed E-state index contributed by atoms with van der Waals surface area (Å²) in [5.74, 6) is 0.407. The first-order valence-electron chi connectivity index (χ1n) is 9.76. The van der Waals surface area contributed by atoms with Crippen LogP contribution >= 0.6 is 11.3 Å². The molecule has 3 rings (SSSR count). The lowest BCUT2D eigenvalue weighted by Crippen LogP contribution is -2.40. The molecule has 0 unspecified atom stereocenters. The minimum Gasteiger partial charge on any atom is -0.496 e. The van der Waals surface area contributed by atoms with Gasteiger partial charge in [-0.25, -0.2) is 8.42 Å². The van der Waals surface area contributed by atoms with E-state index in [4.69, 9.17) is 4.74 Å². The van der Waals surface area contributed by atoms with Crippen molar-refractivity contribution in [2.45, 2.75) is 24.9 Å². The molecule has 1 aromatic heterocycles. The number of amides is 1. The molecule has 0 aliphatic rings. The number of carbonyl (C=O) groups excluding carboxylic acids is 1. The average Bonchev–Trinajstić information content (AvgIpc) is 3.27. The Hall–Kier alpha value is -2.68. The highest BCUT2D eigenvalue weighted by Gasteiger charge is 2.26. The average molecular weight is 459 g/mol. The summed E-state index contributed by atoms with van der Waals surface area (Å²) in [5.41, 5.74) is 1.83. The third-order valence-electron chi connectivity index (χ3n) is 4.92. The standard InChI is InChI=1S/C23H26N2O4S2/c1-18-10-12-21(13-11-18)31(27,28)24(2)17-23(26)25(16-20-8-6-14-30-20)15-19-7-4-5-9-22(19)29-3/h4-14H,15-17H2,1-3H3. The molecule has 3 aromatic rings. The van der Waals surface area contributed by atoms with Crippen LogP contribution in [0.25, 0.3) is 0 Å². The van der Waals surface area contributed by atoms with Gasteiger partial charge in [0.05, 0.1) is 25.1 Å². The maximum atomic E-state index is 13.2. The summed E-state index contributed by atoms with van der Waals surface area (Å²) in [6, 6.07) is 18.0. The first kappa shape index (κ1) is 23.0. The second-order valence-electron chi connectivity index (χ2n) is 7.22. The van der Waals surface area contributed by atoms with Gasteiger partial charge in [0.1, 0.15) is 5.75 Å². The number of rotatable bonds is 9. The minimum atomic E-state index is -3.77. The maximum absolute atomic E-state index is 13.2. The Morgan fingerprint density at radius 3 is 2.35 bits per heavy atom. The lowest BCUT2D eigenvalue weighted by molar-refractivity contribution is -0.132. The molecule has 1 amide bonds. The zero-order valence-corrected chi connectivity index (χ0v) is 19.4. The van der Waals surface area contributed by atoms with E-state index in [2.05, 4.69) is 0 Å². The van der Waals surface area contributed by atoms with Gasteiger partial charge in [0.25, 0.3) is 0 Å². The van der Waals surface area contributed by atoms with E-state index in [1.54, 1.807) is 47.6 Å². The van der Waals surface area contributed by atoms with Gasteiger partial charge in [-0.05, 0) is 36.6 Å². The van der Waals surface area contributed by atoms with Gasteiger partial charge >= 0.3 is 0 Å². The molecule has 2 aromatic carbocycles. The Morgan fingerprint density at radius 1 is 1.00 bits per heavy atom. The van der Waals surface area contributed by atoms with Gasteiger partial charge in [0.2, 0.25) is 15.9 Å². The third-order valence-corrected chi connectivity index (χ3v) is 7.60. The van der Waals surface area contributed by atoms with Crippen molar-refractivity contribution < 1.29 is 17.9 Å². The molecule has 0 fully saturated rings. The molecule has 0 aliphatic carbocycles. The van der Waals surface area contributed by atoms with E-state index in [-0.39, 0.29) is 17.3 Å². The van der Waals surface area contributed by atoms with Crippen LogP contribution in [0.15, 0.2) is 70.9 Å². The number of thiophene rings is 1. The van der Waals surface area contributed by atoms with Gasteiger partial charge < -0.3 is 9.64 Å². The van der Waals surface area contributed by atoms with Crippen LogP contribution in [0.5, 0.6) is 5.75 Å². The number of ether oxygens (including phenoxy) is 1. The van der Waals surface area contributed by atoms with Gasteiger partial charge in [0, 0.05) is 24.0 Å². The van der Waals surface area contributed by atoms with E-state index in [1.165, 1.54) is 7.05 Å². The minimum absolute atomic E-state index is 0.169. The van der Waals surface area contributed by atoms with Gasteiger partial charge in [-0.15, -0.1) is 11.3 Å². The lowest BCUT2D eigenvalue weighted by atomic mass is 10.2. The Balaban J connectivity index is 1.81. The monoisotopic (exact) mass is 458 g/mol. The Labute approximate surface area is 187 Å². The summed E-state index contributed by atoms with van der Waals surface area (Å²) >= 11 is 1.55. The van der Waals surface area contributed by atoms with Crippen molar-refractivity contribution >= 4 is 27.3 Å². The van der Waals surface area contributed by atoms with Crippen LogP contribution in [-0.4, -0.2) is 44.2 Å². The summed E-state index contributed by atoms with van der Waals surface area (Å²) in [4.78, 5) is 16.0. The second-order valence-corrected chi connectivity index (χ2v) is 10.3. The number of methoxy groups -OCH3 is 1. The predicted octanol–water partition coefficient (Wildman–Crippen LogP) is 3.91. The molecule has 8 heteroatoms. The Kier molecular flexibility index (Phi) is 7.48. The van der Waals surface area contributed by atoms with E-state index in [0.29, 0.717) is 18.8 Å². The van der Waals surface area contributed by atoms with Gasteiger partial charge in [-0.1, -0.05) is 42.0 Å². The topological polar surface area (TPSA) is 66.9 Å². The zero-order valence-electron chi connectivity index (χ0n) is 17.8. The maximum Gasteiger partial charge on any atom is 0.243 e. The highest BCUT2D eigenvalue weighted by atomic mass is 32.2. The fourth-order valence-corrected chi connectivity index (χ4v) is 4.97.